The molecule has 0 aliphatic carbocycles. The average molecular weight is 250 g/mol. The number of anilines is 1. The minimum Gasteiger partial charge on any atom is -0.474 e. The van der Waals surface area contributed by atoms with Crippen LogP contribution >= 0.6 is 0 Å². The van der Waals surface area contributed by atoms with Gasteiger partial charge in [-0.2, -0.15) is 4.98 Å². The minimum atomic E-state index is 0.249. The maximum atomic E-state index is 6.00. The molecule has 1 aromatic heterocycles. The van der Waals surface area contributed by atoms with E-state index in [0.717, 1.165) is 43.7 Å². The summed E-state index contributed by atoms with van der Waals surface area (Å²) in [5.74, 6) is 1.94. The molecule has 18 heavy (non-hydrogen) atoms. The van der Waals surface area contributed by atoms with Gasteiger partial charge < -0.3 is 15.4 Å². The van der Waals surface area contributed by atoms with Gasteiger partial charge >= 0.3 is 0 Å². The number of nitrogen functional groups attached to an aromatic ring is 1. The van der Waals surface area contributed by atoms with Crippen LogP contribution in [-0.4, -0.2) is 41.1 Å². The lowest BCUT2D eigenvalue weighted by Crippen LogP contribution is -2.36. The summed E-state index contributed by atoms with van der Waals surface area (Å²) in [6.07, 6.45) is 3.11. The topological polar surface area (TPSA) is 64.3 Å². The second-order valence-electron chi connectivity index (χ2n) is 4.93. The Balaban J connectivity index is 2.10. The first-order chi connectivity index (χ1) is 8.60. The van der Waals surface area contributed by atoms with E-state index in [4.69, 9.17) is 10.5 Å². The smallest absolute Gasteiger partial charge is 0.222 e. The predicted octanol–water partition coefficient (Wildman–Crippen LogP) is 1.40. The van der Waals surface area contributed by atoms with E-state index in [9.17, 15) is 0 Å². The van der Waals surface area contributed by atoms with Gasteiger partial charge in [0.1, 0.15) is 17.7 Å². The summed E-state index contributed by atoms with van der Waals surface area (Å²) in [7, 11) is 2.14. The third kappa shape index (κ3) is 2.90. The van der Waals surface area contributed by atoms with Crippen LogP contribution in [0.15, 0.2) is 0 Å². The van der Waals surface area contributed by atoms with Crippen LogP contribution in [0, 0.1) is 6.92 Å². The van der Waals surface area contributed by atoms with Gasteiger partial charge in [-0.1, -0.05) is 6.92 Å². The largest absolute Gasteiger partial charge is 0.474 e. The third-order valence-electron chi connectivity index (χ3n) is 3.45. The fraction of sp³-hybridized carbons (Fsp3) is 0.692. The quantitative estimate of drug-likeness (QED) is 0.878. The normalized spacial score (nSPS) is 17.9. The lowest BCUT2D eigenvalue weighted by molar-refractivity contribution is 0.109. The molecule has 1 aromatic rings. The van der Waals surface area contributed by atoms with E-state index in [1.165, 1.54) is 0 Å². The van der Waals surface area contributed by atoms with Gasteiger partial charge in [0.15, 0.2) is 0 Å². The monoisotopic (exact) mass is 250 g/mol. The van der Waals surface area contributed by atoms with Gasteiger partial charge in [0.2, 0.25) is 5.88 Å². The zero-order valence-electron chi connectivity index (χ0n) is 11.4. The molecule has 1 aliphatic rings. The Labute approximate surface area is 108 Å². The maximum Gasteiger partial charge on any atom is 0.222 e. The molecule has 5 heteroatoms. The summed E-state index contributed by atoms with van der Waals surface area (Å²) in [5, 5.41) is 0. The third-order valence-corrected chi connectivity index (χ3v) is 3.45. The Morgan fingerprint density at radius 2 is 2.00 bits per heavy atom. The Morgan fingerprint density at radius 3 is 2.61 bits per heavy atom. The first-order valence-corrected chi connectivity index (χ1v) is 6.58. The van der Waals surface area contributed by atoms with E-state index < -0.39 is 0 Å². The molecule has 1 saturated heterocycles. The molecule has 2 heterocycles. The molecule has 0 atom stereocenters. The molecule has 0 amide bonds. The lowest BCUT2D eigenvalue weighted by atomic mass is 10.1. The summed E-state index contributed by atoms with van der Waals surface area (Å²) in [6, 6.07) is 0. The molecule has 1 fully saturated rings. The highest BCUT2D eigenvalue weighted by molar-refractivity contribution is 5.44. The number of hydrogen-bond acceptors (Lipinski definition) is 5. The Hall–Kier alpha value is -1.36. The van der Waals surface area contributed by atoms with E-state index in [-0.39, 0.29) is 6.10 Å². The van der Waals surface area contributed by atoms with Gasteiger partial charge in [-0.05, 0) is 26.8 Å². The van der Waals surface area contributed by atoms with Gasteiger partial charge in [0.05, 0.1) is 5.56 Å². The van der Waals surface area contributed by atoms with Crippen molar-refractivity contribution in [3.63, 3.8) is 0 Å². The SMILES string of the molecule is CCc1nc(N)c(C)c(OC2CCN(C)CC2)n1. The van der Waals surface area contributed by atoms with Gasteiger partial charge in [-0.3, -0.25) is 0 Å². The molecular formula is C13H22N4O. The van der Waals surface area contributed by atoms with Crippen LogP contribution < -0.4 is 10.5 Å². The van der Waals surface area contributed by atoms with Crippen LogP contribution in [0.4, 0.5) is 5.82 Å². The lowest BCUT2D eigenvalue weighted by Gasteiger charge is -2.29. The van der Waals surface area contributed by atoms with Gasteiger partial charge in [0, 0.05) is 19.5 Å². The number of nitrogens with zero attached hydrogens (tertiary/aromatic N) is 3. The molecule has 0 radical (unpaired) electrons. The number of nitrogens with two attached hydrogens (primary N) is 1. The van der Waals surface area contributed by atoms with Crippen molar-refractivity contribution in [2.75, 3.05) is 25.9 Å². The Bertz CT molecular complexity index is 414. The molecule has 0 unspecified atom stereocenters. The predicted molar refractivity (Wildman–Crippen MR) is 71.7 cm³/mol. The van der Waals surface area contributed by atoms with E-state index in [2.05, 4.69) is 21.9 Å². The van der Waals surface area contributed by atoms with Crippen LogP contribution in [0.25, 0.3) is 0 Å². The fourth-order valence-electron chi connectivity index (χ4n) is 2.09. The maximum absolute atomic E-state index is 6.00. The molecule has 0 spiro atoms. The number of hydrogen-bond donors (Lipinski definition) is 1. The van der Waals surface area contributed by atoms with E-state index in [1.54, 1.807) is 0 Å². The highest BCUT2D eigenvalue weighted by atomic mass is 16.5. The molecule has 5 nitrogen and oxygen atoms in total. The molecular weight excluding hydrogens is 228 g/mol. The van der Waals surface area contributed by atoms with Crippen molar-refractivity contribution in [2.45, 2.75) is 39.2 Å². The summed E-state index contributed by atoms with van der Waals surface area (Å²) in [4.78, 5) is 11.0. The van der Waals surface area contributed by atoms with E-state index >= 15 is 0 Å². The van der Waals surface area contributed by atoms with Crippen LogP contribution in [0.1, 0.15) is 31.2 Å². The summed E-state index contributed by atoms with van der Waals surface area (Å²) in [6.45, 7) is 6.08. The highest BCUT2D eigenvalue weighted by Gasteiger charge is 2.20. The molecule has 100 valence electrons. The number of ether oxygens (including phenoxy) is 1. The molecule has 0 aromatic carbocycles. The Morgan fingerprint density at radius 1 is 1.33 bits per heavy atom. The Kier molecular flexibility index (Phi) is 4.01. The van der Waals surface area contributed by atoms with Gasteiger partial charge in [0.25, 0.3) is 0 Å². The number of rotatable bonds is 3. The second-order valence-corrected chi connectivity index (χ2v) is 4.93. The van der Waals surface area contributed by atoms with Crippen molar-refractivity contribution >= 4 is 5.82 Å². The summed E-state index contributed by atoms with van der Waals surface area (Å²) < 4.78 is 6.00. The molecule has 0 bridgehead atoms. The average Bonchev–Trinajstić information content (AvgIpc) is 2.37. The standard InChI is InChI=1S/C13H22N4O/c1-4-11-15-12(14)9(2)13(16-11)18-10-5-7-17(3)8-6-10/h10H,4-8H2,1-3H3,(H2,14,15,16). The van der Waals surface area contributed by atoms with Crippen LogP contribution in [0.2, 0.25) is 0 Å². The zero-order valence-corrected chi connectivity index (χ0v) is 11.4. The van der Waals surface area contributed by atoms with Crippen molar-refractivity contribution in [1.29, 1.82) is 0 Å². The van der Waals surface area contributed by atoms with Crippen LogP contribution in [-0.2, 0) is 6.42 Å². The number of likely N-dealkylation sites (tertiary alicyclic amines) is 1. The van der Waals surface area contributed by atoms with Crippen molar-refractivity contribution < 1.29 is 4.74 Å². The number of aryl methyl sites for hydroxylation is 1. The number of piperidine rings is 1. The highest BCUT2D eigenvalue weighted by Crippen LogP contribution is 2.23. The van der Waals surface area contributed by atoms with Crippen molar-refractivity contribution in [3.05, 3.63) is 11.4 Å². The first kappa shape index (κ1) is 13.1. The summed E-state index contributed by atoms with van der Waals surface area (Å²) in [5.41, 5.74) is 6.74. The zero-order chi connectivity index (χ0) is 13.1. The minimum absolute atomic E-state index is 0.249. The molecule has 0 saturated carbocycles. The number of aromatic nitrogens is 2. The molecule has 2 rings (SSSR count). The van der Waals surface area contributed by atoms with Gasteiger partial charge in [-0.15, -0.1) is 0 Å². The first-order valence-electron chi connectivity index (χ1n) is 6.58. The van der Waals surface area contributed by atoms with Gasteiger partial charge in [-0.25, -0.2) is 4.98 Å². The van der Waals surface area contributed by atoms with Crippen molar-refractivity contribution in [3.8, 4) is 5.88 Å². The fourth-order valence-corrected chi connectivity index (χ4v) is 2.09. The second kappa shape index (κ2) is 5.52. The van der Waals surface area contributed by atoms with Crippen LogP contribution in [0.3, 0.4) is 0 Å². The van der Waals surface area contributed by atoms with E-state index in [1.807, 2.05) is 13.8 Å². The van der Waals surface area contributed by atoms with E-state index in [0.29, 0.717) is 11.7 Å². The van der Waals surface area contributed by atoms with Crippen molar-refractivity contribution in [2.24, 2.45) is 0 Å². The van der Waals surface area contributed by atoms with Crippen molar-refractivity contribution in [1.82, 2.24) is 14.9 Å². The molecule has 2 N–H and O–H groups in total. The molecule has 1 aliphatic heterocycles. The summed E-state index contributed by atoms with van der Waals surface area (Å²) >= 11 is 0. The van der Waals surface area contributed by atoms with Crippen LogP contribution in [0.5, 0.6) is 5.88 Å².